The number of ether oxygens (including phenoxy) is 1. The molecule has 4 aliphatic carbocycles. The molecule has 4 bridgehead atoms. The van der Waals surface area contributed by atoms with Crippen molar-refractivity contribution in [2.45, 2.75) is 57.6 Å². The largest absolute Gasteiger partial charge is 0.464 e. The molecule has 2 amide bonds. The average molecular weight is 526 g/mol. The number of carbonyl (C=O) groups excluding carboxylic acids is 3. The Balaban J connectivity index is 1.26. The van der Waals surface area contributed by atoms with Gasteiger partial charge in [0.15, 0.2) is 11.3 Å². The van der Waals surface area contributed by atoms with E-state index < -0.39 is 35.0 Å². The lowest BCUT2D eigenvalue weighted by Crippen LogP contribution is -2.51. The zero-order valence-corrected chi connectivity index (χ0v) is 21.9. The van der Waals surface area contributed by atoms with Crippen LogP contribution in [-0.2, 0) is 25.7 Å². The zero-order valence-electron chi connectivity index (χ0n) is 21.9. The standard InChI is InChI=1S/C32H31NO6/c1-17-7-8-25-23(9-17)28(34)24(16-38-25)26-27(31(36)33(30(26)35)15-18-5-3-2-4-6-18)32(37)39-29-21-11-19-10-20(13-21)14-22(29)12-19/h2-9,16,19-22,26-27,29H,10-15H2,1H3/t19?,20?,21?,22?,26-,27-,29?/m1/s1. The number of imide groups is 1. The van der Waals surface area contributed by atoms with E-state index in [1.54, 1.807) is 12.1 Å². The molecule has 0 spiro atoms. The van der Waals surface area contributed by atoms with Crippen LogP contribution in [0.4, 0.5) is 0 Å². The summed E-state index contributed by atoms with van der Waals surface area (Å²) in [6, 6.07) is 14.4. The Kier molecular flexibility index (Phi) is 5.72. The maximum atomic E-state index is 13.8. The van der Waals surface area contributed by atoms with E-state index in [9.17, 15) is 19.2 Å². The molecule has 0 N–H and O–H groups in total. The van der Waals surface area contributed by atoms with Gasteiger partial charge in [-0.15, -0.1) is 0 Å². The number of hydrogen-bond acceptors (Lipinski definition) is 6. The number of rotatable bonds is 5. The summed E-state index contributed by atoms with van der Waals surface area (Å²) in [5.74, 6) is -2.56. The van der Waals surface area contributed by atoms with Gasteiger partial charge in [-0.3, -0.25) is 24.1 Å². The molecule has 200 valence electrons. The smallest absolute Gasteiger partial charge is 0.319 e. The number of nitrogens with zero attached hydrogens (tertiary/aromatic N) is 1. The van der Waals surface area contributed by atoms with E-state index >= 15 is 0 Å². The van der Waals surface area contributed by atoms with Crippen LogP contribution in [0.15, 0.2) is 64.0 Å². The fourth-order valence-electron chi connectivity index (χ4n) is 7.95. The van der Waals surface area contributed by atoms with E-state index in [4.69, 9.17) is 9.15 Å². The molecular formula is C32H31NO6. The summed E-state index contributed by atoms with van der Waals surface area (Å²) in [4.78, 5) is 56.2. The van der Waals surface area contributed by atoms with Gasteiger partial charge in [0.05, 0.1) is 24.1 Å². The normalized spacial score (nSPS) is 31.3. The second-order valence-electron chi connectivity index (χ2n) is 12.1. The summed E-state index contributed by atoms with van der Waals surface area (Å²) in [5, 5.41) is 0.322. The van der Waals surface area contributed by atoms with Crippen molar-refractivity contribution >= 4 is 28.8 Å². The summed E-state index contributed by atoms with van der Waals surface area (Å²) in [7, 11) is 0. The molecule has 1 aromatic heterocycles. The highest BCUT2D eigenvalue weighted by molar-refractivity contribution is 6.16. The van der Waals surface area contributed by atoms with Gasteiger partial charge in [0, 0.05) is 5.56 Å². The minimum Gasteiger partial charge on any atom is -0.464 e. The lowest BCUT2D eigenvalue weighted by Gasteiger charge is -2.53. The number of esters is 1. The second-order valence-corrected chi connectivity index (χ2v) is 12.1. The molecule has 2 atom stereocenters. The van der Waals surface area contributed by atoms with E-state index in [1.165, 1.54) is 12.7 Å². The predicted octanol–water partition coefficient (Wildman–Crippen LogP) is 4.74. The number of benzene rings is 2. The number of amides is 2. The van der Waals surface area contributed by atoms with E-state index in [2.05, 4.69) is 0 Å². The van der Waals surface area contributed by atoms with Crippen LogP contribution in [-0.4, -0.2) is 28.8 Å². The van der Waals surface area contributed by atoms with E-state index in [1.807, 2.05) is 43.3 Å². The lowest BCUT2D eigenvalue weighted by atomic mass is 9.55. The van der Waals surface area contributed by atoms with Crippen LogP contribution < -0.4 is 5.43 Å². The molecule has 2 heterocycles. The van der Waals surface area contributed by atoms with Crippen molar-refractivity contribution in [3.05, 3.63) is 81.7 Å². The summed E-state index contributed by atoms with van der Waals surface area (Å²) in [6.45, 7) is 1.89. The molecule has 1 aliphatic heterocycles. The third kappa shape index (κ3) is 4.01. The number of hydrogen-bond donors (Lipinski definition) is 0. The molecule has 1 saturated heterocycles. The molecule has 3 aromatic rings. The minimum atomic E-state index is -1.41. The predicted molar refractivity (Wildman–Crippen MR) is 142 cm³/mol. The zero-order chi connectivity index (χ0) is 26.8. The Labute approximate surface area is 226 Å². The third-order valence-electron chi connectivity index (χ3n) is 9.52. The van der Waals surface area contributed by atoms with Crippen LogP contribution in [0.3, 0.4) is 0 Å². The van der Waals surface area contributed by atoms with Gasteiger partial charge in [-0.25, -0.2) is 0 Å². The first-order chi connectivity index (χ1) is 18.9. The molecule has 0 unspecified atom stereocenters. The van der Waals surface area contributed by atoms with Gasteiger partial charge in [0.2, 0.25) is 11.8 Å². The van der Waals surface area contributed by atoms with Crippen LogP contribution in [0.2, 0.25) is 0 Å². The van der Waals surface area contributed by atoms with Crippen molar-refractivity contribution in [1.82, 2.24) is 4.90 Å². The highest BCUT2D eigenvalue weighted by atomic mass is 16.5. The molecule has 2 aromatic carbocycles. The molecule has 7 nitrogen and oxygen atoms in total. The molecule has 0 radical (unpaired) electrons. The van der Waals surface area contributed by atoms with Crippen LogP contribution in [0.25, 0.3) is 11.0 Å². The fraction of sp³-hybridized carbons (Fsp3) is 0.438. The molecular weight excluding hydrogens is 494 g/mol. The number of likely N-dealkylation sites (tertiary alicyclic amines) is 1. The number of carbonyl (C=O) groups is 3. The van der Waals surface area contributed by atoms with Crippen molar-refractivity contribution in [2.24, 2.45) is 29.6 Å². The Hall–Kier alpha value is -3.74. The molecule has 4 saturated carbocycles. The summed E-state index contributed by atoms with van der Waals surface area (Å²) < 4.78 is 11.9. The van der Waals surface area contributed by atoms with E-state index in [-0.39, 0.29) is 18.2 Å². The van der Waals surface area contributed by atoms with Gasteiger partial charge < -0.3 is 9.15 Å². The van der Waals surface area contributed by atoms with Gasteiger partial charge in [-0.1, -0.05) is 42.0 Å². The molecule has 39 heavy (non-hydrogen) atoms. The summed E-state index contributed by atoms with van der Waals surface area (Å²) in [5.41, 5.74) is 1.63. The van der Waals surface area contributed by atoms with Crippen LogP contribution in [0.5, 0.6) is 0 Å². The first-order valence-corrected chi connectivity index (χ1v) is 14.0. The maximum absolute atomic E-state index is 13.8. The number of aryl methyl sites for hydroxylation is 1. The average Bonchev–Trinajstić information content (AvgIpc) is 3.16. The van der Waals surface area contributed by atoms with Crippen LogP contribution >= 0.6 is 0 Å². The van der Waals surface area contributed by atoms with E-state index in [0.29, 0.717) is 34.6 Å². The highest BCUT2D eigenvalue weighted by Gasteiger charge is 2.56. The Morgan fingerprint density at radius 2 is 1.62 bits per heavy atom. The summed E-state index contributed by atoms with van der Waals surface area (Å²) in [6.07, 6.45) is 6.51. The Morgan fingerprint density at radius 1 is 0.923 bits per heavy atom. The molecule has 5 fully saturated rings. The monoisotopic (exact) mass is 525 g/mol. The van der Waals surface area contributed by atoms with Crippen molar-refractivity contribution in [2.75, 3.05) is 0 Å². The maximum Gasteiger partial charge on any atom is 0.319 e. The van der Waals surface area contributed by atoms with Crippen molar-refractivity contribution in [1.29, 1.82) is 0 Å². The molecule has 7 heteroatoms. The van der Waals surface area contributed by atoms with Gasteiger partial charge in [-0.2, -0.15) is 0 Å². The van der Waals surface area contributed by atoms with E-state index in [0.717, 1.165) is 41.7 Å². The lowest BCUT2D eigenvalue weighted by molar-refractivity contribution is -0.176. The van der Waals surface area contributed by atoms with Gasteiger partial charge in [-0.05, 0) is 80.4 Å². The first-order valence-electron chi connectivity index (χ1n) is 14.0. The van der Waals surface area contributed by atoms with Crippen molar-refractivity contribution < 1.29 is 23.5 Å². The van der Waals surface area contributed by atoms with Gasteiger partial charge >= 0.3 is 5.97 Å². The van der Waals surface area contributed by atoms with Crippen molar-refractivity contribution in [3.63, 3.8) is 0 Å². The third-order valence-corrected chi connectivity index (χ3v) is 9.52. The SMILES string of the molecule is Cc1ccc2occ([C@H]3C(=O)N(Cc4ccccc4)C(=O)[C@@H]3C(=O)OC3C4CC5CC(C4)CC3C5)c(=O)c2c1. The van der Waals surface area contributed by atoms with Gasteiger partial charge in [0.1, 0.15) is 11.7 Å². The first kappa shape index (κ1) is 24.3. The quantitative estimate of drug-likeness (QED) is 0.271. The summed E-state index contributed by atoms with van der Waals surface area (Å²) >= 11 is 0. The Bertz CT molecular complexity index is 1510. The van der Waals surface area contributed by atoms with Crippen molar-refractivity contribution in [3.8, 4) is 0 Å². The minimum absolute atomic E-state index is 0.0223. The highest BCUT2D eigenvalue weighted by Crippen LogP contribution is 2.55. The van der Waals surface area contributed by atoms with Crippen LogP contribution in [0.1, 0.15) is 54.7 Å². The number of fused-ring (bicyclic) bond motifs is 1. The second kappa shape index (κ2) is 9.18. The van der Waals surface area contributed by atoms with Gasteiger partial charge in [0.25, 0.3) is 0 Å². The van der Waals surface area contributed by atoms with Crippen LogP contribution in [0, 0.1) is 36.5 Å². The topological polar surface area (TPSA) is 93.9 Å². The molecule has 5 aliphatic rings. The fourth-order valence-corrected chi connectivity index (χ4v) is 7.95. The Morgan fingerprint density at radius 3 is 2.31 bits per heavy atom. The molecule has 8 rings (SSSR count).